The average molecular weight is 321 g/mol. The van der Waals surface area contributed by atoms with Gasteiger partial charge in [-0.2, -0.15) is 4.31 Å². The van der Waals surface area contributed by atoms with Gasteiger partial charge >= 0.3 is 0 Å². The molecule has 1 aliphatic carbocycles. The molecular formula is C18H27NO2S. The van der Waals surface area contributed by atoms with E-state index in [1.165, 1.54) is 37.7 Å². The van der Waals surface area contributed by atoms with Crippen LogP contribution in [0.1, 0.15) is 69.8 Å². The van der Waals surface area contributed by atoms with Gasteiger partial charge in [0.1, 0.15) is 0 Å². The van der Waals surface area contributed by atoms with Gasteiger partial charge in [0, 0.05) is 12.6 Å². The Balaban J connectivity index is 1.79. The Morgan fingerprint density at radius 1 is 0.909 bits per heavy atom. The lowest BCUT2D eigenvalue weighted by Gasteiger charge is -2.32. The first-order valence-electron chi connectivity index (χ1n) is 8.71. The minimum atomic E-state index is -3.33. The van der Waals surface area contributed by atoms with E-state index in [0.29, 0.717) is 17.4 Å². The molecule has 0 aromatic heterocycles. The summed E-state index contributed by atoms with van der Waals surface area (Å²) in [5, 5.41) is 0. The Morgan fingerprint density at radius 3 is 2.18 bits per heavy atom. The van der Waals surface area contributed by atoms with Gasteiger partial charge in [-0.25, -0.2) is 8.42 Å². The van der Waals surface area contributed by atoms with Crippen LogP contribution in [-0.4, -0.2) is 25.3 Å². The number of benzene rings is 1. The fourth-order valence-corrected chi connectivity index (χ4v) is 5.61. The third-order valence-electron chi connectivity index (χ3n) is 5.31. The summed E-state index contributed by atoms with van der Waals surface area (Å²) >= 11 is 0. The second-order valence-electron chi connectivity index (χ2n) is 6.86. The van der Waals surface area contributed by atoms with Crippen LogP contribution in [-0.2, 0) is 10.0 Å². The van der Waals surface area contributed by atoms with Gasteiger partial charge in [0.15, 0.2) is 0 Å². The first-order chi connectivity index (χ1) is 10.6. The van der Waals surface area contributed by atoms with Crippen molar-refractivity contribution in [1.82, 2.24) is 4.31 Å². The maximum atomic E-state index is 12.8. The van der Waals surface area contributed by atoms with Crippen molar-refractivity contribution in [1.29, 1.82) is 0 Å². The van der Waals surface area contributed by atoms with E-state index in [-0.39, 0.29) is 6.04 Å². The zero-order valence-electron chi connectivity index (χ0n) is 13.5. The summed E-state index contributed by atoms with van der Waals surface area (Å²) in [6.45, 7) is 2.68. The molecule has 1 heterocycles. The Kier molecular flexibility index (Phi) is 4.88. The highest BCUT2D eigenvalue weighted by Gasteiger charge is 2.31. The van der Waals surface area contributed by atoms with E-state index in [4.69, 9.17) is 0 Å². The van der Waals surface area contributed by atoms with Crippen LogP contribution in [0.5, 0.6) is 0 Å². The zero-order valence-corrected chi connectivity index (χ0v) is 14.3. The van der Waals surface area contributed by atoms with Crippen LogP contribution in [0.4, 0.5) is 0 Å². The molecule has 1 saturated carbocycles. The second-order valence-corrected chi connectivity index (χ2v) is 8.76. The van der Waals surface area contributed by atoms with Gasteiger partial charge in [-0.3, -0.25) is 0 Å². The number of rotatable bonds is 3. The van der Waals surface area contributed by atoms with Crippen molar-refractivity contribution < 1.29 is 8.42 Å². The lowest BCUT2D eigenvalue weighted by Crippen LogP contribution is -2.41. The molecule has 0 unspecified atom stereocenters. The molecule has 1 aromatic rings. The molecule has 0 N–H and O–H groups in total. The van der Waals surface area contributed by atoms with Crippen molar-refractivity contribution in [2.24, 2.45) is 0 Å². The lowest BCUT2D eigenvalue weighted by atomic mass is 9.84. The van der Waals surface area contributed by atoms with E-state index in [9.17, 15) is 8.42 Å². The topological polar surface area (TPSA) is 37.4 Å². The van der Waals surface area contributed by atoms with Gasteiger partial charge in [-0.1, -0.05) is 37.8 Å². The molecule has 0 spiro atoms. The molecule has 3 rings (SSSR count). The first kappa shape index (κ1) is 16.0. The van der Waals surface area contributed by atoms with Gasteiger partial charge < -0.3 is 0 Å². The minimum Gasteiger partial charge on any atom is -0.207 e. The maximum absolute atomic E-state index is 12.8. The van der Waals surface area contributed by atoms with E-state index < -0.39 is 10.0 Å². The molecule has 1 aromatic carbocycles. The summed E-state index contributed by atoms with van der Waals surface area (Å²) in [5.41, 5.74) is 1.31. The fraction of sp³-hybridized carbons (Fsp3) is 0.667. The summed E-state index contributed by atoms with van der Waals surface area (Å²) in [4.78, 5) is 0.459. The molecule has 0 amide bonds. The van der Waals surface area contributed by atoms with Crippen molar-refractivity contribution in [3.63, 3.8) is 0 Å². The Labute approximate surface area is 134 Å². The van der Waals surface area contributed by atoms with Gasteiger partial charge in [0.05, 0.1) is 4.90 Å². The van der Waals surface area contributed by atoms with Crippen molar-refractivity contribution >= 4 is 10.0 Å². The first-order valence-corrected chi connectivity index (χ1v) is 10.1. The third kappa shape index (κ3) is 3.23. The molecular weight excluding hydrogens is 294 g/mol. The number of piperidine rings is 1. The number of nitrogens with zero attached hydrogens (tertiary/aromatic N) is 1. The molecule has 22 heavy (non-hydrogen) atoms. The second kappa shape index (κ2) is 6.71. The molecule has 2 aliphatic rings. The van der Waals surface area contributed by atoms with Gasteiger partial charge in [0.25, 0.3) is 0 Å². The van der Waals surface area contributed by atoms with E-state index in [1.54, 1.807) is 4.31 Å². The highest BCUT2D eigenvalue weighted by atomic mass is 32.2. The predicted octanol–water partition coefficient (Wildman–Crippen LogP) is 4.30. The SMILES string of the molecule is C[C@@H]1CCCCN1S(=O)(=O)c1ccc(C2CCCCC2)cc1. The summed E-state index contributed by atoms with van der Waals surface area (Å²) in [6.07, 6.45) is 9.52. The third-order valence-corrected chi connectivity index (χ3v) is 7.33. The quantitative estimate of drug-likeness (QED) is 0.832. The van der Waals surface area contributed by atoms with E-state index in [2.05, 4.69) is 0 Å². The molecule has 2 fully saturated rings. The zero-order chi connectivity index (χ0) is 15.6. The normalized spacial score (nSPS) is 25.2. The van der Waals surface area contributed by atoms with Crippen molar-refractivity contribution in [2.75, 3.05) is 6.54 Å². The monoisotopic (exact) mass is 321 g/mol. The smallest absolute Gasteiger partial charge is 0.207 e. The van der Waals surface area contributed by atoms with E-state index >= 15 is 0 Å². The van der Waals surface area contributed by atoms with Crippen LogP contribution < -0.4 is 0 Å². The number of sulfonamides is 1. The molecule has 4 heteroatoms. The fourth-order valence-electron chi connectivity index (χ4n) is 3.91. The molecule has 1 atom stereocenters. The molecule has 0 bridgehead atoms. The van der Waals surface area contributed by atoms with Crippen molar-refractivity contribution in [3.8, 4) is 0 Å². The average Bonchev–Trinajstić information content (AvgIpc) is 2.56. The Morgan fingerprint density at radius 2 is 1.55 bits per heavy atom. The minimum absolute atomic E-state index is 0.122. The van der Waals surface area contributed by atoms with Gasteiger partial charge in [-0.15, -0.1) is 0 Å². The Bertz CT molecular complexity index is 588. The summed E-state index contributed by atoms with van der Waals surface area (Å²) in [7, 11) is -3.33. The number of hydrogen-bond acceptors (Lipinski definition) is 2. The summed E-state index contributed by atoms with van der Waals surface area (Å²) in [5.74, 6) is 0.624. The molecule has 122 valence electrons. The standard InChI is InChI=1S/C18H27NO2S/c1-15-7-5-6-14-19(15)22(20,21)18-12-10-17(11-13-18)16-8-3-2-4-9-16/h10-13,15-16H,2-9,14H2,1H3/t15-/m1/s1. The van der Waals surface area contributed by atoms with Crippen LogP contribution in [0, 0.1) is 0 Å². The highest BCUT2D eigenvalue weighted by Crippen LogP contribution is 2.33. The van der Waals surface area contributed by atoms with E-state index in [1.807, 2.05) is 31.2 Å². The number of hydrogen-bond donors (Lipinski definition) is 0. The van der Waals surface area contributed by atoms with Crippen molar-refractivity contribution in [3.05, 3.63) is 29.8 Å². The molecule has 1 aliphatic heterocycles. The van der Waals surface area contributed by atoms with Gasteiger partial charge in [-0.05, 0) is 56.2 Å². The van der Waals surface area contributed by atoms with Gasteiger partial charge in [0.2, 0.25) is 10.0 Å². The lowest BCUT2D eigenvalue weighted by molar-refractivity contribution is 0.268. The van der Waals surface area contributed by atoms with Crippen LogP contribution >= 0.6 is 0 Å². The van der Waals surface area contributed by atoms with Crippen LogP contribution in [0.25, 0.3) is 0 Å². The van der Waals surface area contributed by atoms with E-state index in [0.717, 1.165) is 19.3 Å². The summed E-state index contributed by atoms with van der Waals surface area (Å²) in [6, 6.07) is 7.84. The van der Waals surface area contributed by atoms with Crippen LogP contribution in [0.3, 0.4) is 0 Å². The van der Waals surface area contributed by atoms with Crippen LogP contribution in [0.2, 0.25) is 0 Å². The predicted molar refractivity (Wildman–Crippen MR) is 89.5 cm³/mol. The molecule has 1 saturated heterocycles. The largest absolute Gasteiger partial charge is 0.243 e. The maximum Gasteiger partial charge on any atom is 0.243 e. The molecule has 0 radical (unpaired) electrons. The summed E-state index contributed by atoms with van der Waals surface area (Å²) < 4.78 is 27.3. The molecule has 3 nitrogen and oxygen atoms in total. The van der Waals surface area contributed by atoms with Crippen LogP contribution in [0.15, 0.2) is 29.2 Å². The Hall–Kier alpha value is -0.870. The van der Waals surface area contributed by atoms with Crippen molar-refractivity contribution in [2.45, 2.75) is 75.1 Å². The highest BCUT2D eigenvalue weighted by molar-refractivity contribution is 7.89.